The van der Waals surface area contributed by atoms with Crippen molar-refractivity contribution < 1.29 is 0 Å². The van der Waals surface area contributed by atoms with Crippen LogP contribution in [0.5, 0.6) is 0 Å². The summed E-state index contributed by atoms with van der Waals surface area (Å²) in [7, 11) is 0. The van der Waals surface area contributed by atoms with Gasteiger partial charge in [0, 0.05) is 34.1 Å². The summed E-state index contributed by atoms with van der Waals surface area (Å²) in [6, 6.07) is 28.4. The zero-order valence-corrected chi connectivity index (χ0v) is 26.4. The fourth-order valence-electron chi connectivity index (χ4n) is 7.22. The largest absolute Gasteiger partial charge is 0.311 e. The highest BCUT2D eigenvalue weighted by molar-refractivity contribution is 7.00. The number of nitrogens with zero attached hydrogens (tertiary/aromatic N) is 2. The van der Waals surface area contributed by atoms with Crippen molar-refractivity contribution in [2.45, 2.75) is 62.3 Å². The third-order valence-electron chi connectivity index (χ3n) is 9.86. The Morgan fingerprint density at radius 3 is 1.17 bits per heavy atom. The van der Waals surface area contributed by atoms with Crippen LogP contribution in [0.1, 0.15) is 50.1 Å². The molecule has 0 amide bonds. The van der Waals surface area contributed by atoms with Crippen LogP contribution in [0.15, 0.2) is 72.8 Å². The van der Waals surface area contributed by atoms with E-state index in [1.807, 2.05) is 0 Å². The van der Waals surface area contributed by atoms with E-state index in [2.05, 4.69) is 145 Å². The van der Waals surface area contributed by atoms with E-state index in [1.165, 1.54) is 101 Å². The van der Waals surface area contributed by atoms with Crippen LogP contribution >= 0.6 is 0 Å². The molecule has 0 spiro atoms. The van der Waals surface area contributed by atoms with Crippen LogP contribution in [0, 0.1) is 62.3 Å². The Labute approximate surface area is 251 Å². The maximum Gasteiger partial charge on any atom is 0.252 e. The maximum atomic E-state index is 2.53. The fourth-order valence-corrected chi connectivity index (χ4v) is 7.22. The van der Waals surface area contributed by atoms with E-state index in [0.717, 1.165) is 0 Å². The SMILES string of the molecule is Cc1ccc2c(c1)B1c3cc(C)ccc3N(c3cc(C)c(C)c(C)c3)c3cc(C)cc(c31)N2c1cc(C)c(C)c(C)c1. The van der Waals surface area contributed by atoms with Gasteiger partial charge < -0.3 is 9.80 Å². The van der Waals surface area contributed by atoms with Crippen molar-refractivity contribution in [2.75, 3.05) is 9.80 Å². The van der Waals surface area contributed by atoms with Gasteiger partial charge in [0.1, 0.15) is 0 Å². The van der Waals surface area contributed by atoms with E-state index < -0.39 is 0 Å². The molecule has 2 heterocycles. The molecule has 0 unspecified atom stereocenters. The molecule has 2 aliphatic rings. The number of benzene rings is 5. The lowest BCUT2D eigenvalue weighted by Gasteiger charge is -2.44. The molecule has 2 aliphatic heterocycles. The lowest BCUT2D eigenvalue weighted by atomic mass is 9.33. The maximum absolute atomic E-state index is 2.53. The van der Waals surface area contributed by atoms with Crippen molar-refractivity contribution in [3.63, 3.8) is 0 Å². The molecule has 2 nitrogen and oxygen atoms in total. The molecule has 0 N–H and O–H groups in total. The Kier molecular flexibility index (Phi) is 5.96. The highest BCUT2D eigenvalue weighted by Crippen LogP contribution is 2.45. The number of aryl methyl sites for hydroxylation is 7. The van der Waals surface area contributed by atoms with Crippen LogP contribution in [-0.2, 0) is 0 Å². The summed E-state index contributed by atoms with van der Waals surface area (Å²) in [5, 5.41) is 0. The lowest BCUT2D eigenvalue weighted by molar-refractivity contribution is 1.19. The third-order valence-corrected chi connectivity index (χ3v) is 9.86. The molecular weight excluding hydrogens is 507 g/mol. The first-order chi connectivity index (χ1) is 20.0. The number of hydrogen-bond acceptors (Lipinski definition) is 2. The summed E-state index contributed by atoms with van der Waals surface area (Å²) in [4.78, 5) is 5.06. The molecule has 0 fully saturated rings. The topological polar surface area (TPSA) is 6.48 Å². The molecule has 7 rings (SSSR count). The Balaban J connectivity index is 1.61. The molecule has 5 aromatic carbocycles. The van der Waals surface area contributed by atoms with Crippen molar-refractivity contribution in [2.24, 2.45) is 0 Å². The van der Waals surface area contributed by atoms with Crippen molar-refractivity contribution in [1.82, 2.24) is 0 Å². The van der Waals surface area contributed by atoms with Gasteiger partial charge in [0.15, 0.2) is 0 Å². The average molecular weight is 547 g/mol. The van der Waals surface area contributed by atoms with E-state index in [1.54, 1.807) is 0 Å². The monoisotopic (exact) mass is 546 g/mol. The van der Waals surface area contributed by atoms with Gasteiger partial charge in [0.2, 0.25) is 0 Å². The Morgan fingerprint density at radius 1 is 0.405 bits per heavy atom. The first-order valence-electron chi connectivity index (χ1n) is 15.1. The fraction of sp³-hybridized carbons (Fsp3) is 0.231. The molecule has 5 aromatic rings. The number of hydrogen-bond donors (Lipinski definition) is 0. The molecule has 0 saturated carbocycles. The van der Waals surface area contributed by atoms with Crippen LogP contribution in [0.25, 0.3) is 0 Å². The van der Waals surface area contributed by atoms with E-state index in [9.17, 15) is 0 Å². The molecule has 0 atom stereocenters. The first kappa shape index (κ1) is 26.7. The quantitative estimate of drug-likeness (QED) is 0.201. The van der Waals surface area contributed by atoms with Gasteiger partial charge >= 0.3 is 0 Å². The second-order valence-electron chi connectivity index (χ2n) is 12.9. The van der Waals surface area contributed by atoms with Gasteiger partial charge in [0.25, 0.3) is 6.71 Å². The Hall–Kier alpha value is -4.24. The van der Waals surface area contributed by atoms with Gasteiger partial charge in [0.05, 0.1) is 0 Å². The predicted octanol–water partition coefficient (Wildman–Crippen LogP) is 8.54. The minimum atomic E-state index is 0.160. The first-order valence-corrected chi connectivity index (χ1v) is 15.1. The molecule has 3 heteroatoms. The normalized spacial score (nSPS) is 13.2. The molecule has 0 radical (unpaired) electrons. The van der Waals surface area contributed by atoms with Crippen molar-refractivity contribution in [3.8, 4) is 0 Å². The summed E-state index contributed by atoms with van der Waals surface area (Å²) in [6.45, 7) is 20.3. The van der Waals surface area contributed by atoms with Gasteiger partial charge in [-0.1, -0.05) is 35.4 Å². The van der Waals surface area contributed by atoms with Crippen molar-refractivity contribution in [1.29, 1.82) is 0 Å². The third kappa shape index (κ3) is 3.86. The highest BCUT2D eigenvalue weighted by Gasteiger charge is 2.43. The summed E-state index contributed by atoms with van der Waals surface area (Å²) in [6.07, 6.45) is 0. The lowest BCUT2D eigenvalue weighted by Crippen LogP contribution is -2.61. The van der Waals surface area contributed by atoms with Gasteiger partial charge in [-0.3, -0.25) is 0 Å². The number of fused-ring (bicyclic) bond motifs is 4. The molecular formula is C39H39BN2. The van der Waals surface area contributed by atoms with Gasteiger partial charge in [-0.15, -0.1) is 0 Å². The van der Waals surface area contributed by atoms with Crippen LogP contribution < -0.4 is 26.2 Å². The van der Waals surface area contributed by atoms with Crippen LogP contribution in [0.2, 0.25) is 0 Å². The molecule has 208 valence electrons. The second kappa shape index (κ2) is 9.39. The van der Waals surface area contributed by atoms with E-state index >= 15 is 0 Å². The van der Waals surface area contributed by atoms with Crippen LogP contribution in [0.3, 0.4) is 0 Å². The van der Waals surface area contributed by atoms with E-state index in [4.69, 9.17) is 0 Å². The van der Waals surface area contributed by atoms with Gasteiger partial charge in [-0.05, 0) is 166 Å². The van der Waals surface area contributed by atoms with E-state index in [0.29, 0.717) is 0 Å². The second-order valence-corrected chi connectivity index (χ2v) is 12.9. The average Bonchev–Trinajstić information content (AvgIpc) is 2.94. The zero-order chi connectivity index (χ0) is 29.6. The van der Waals surface area contributed by atoms with Crippen molar-refractivity contribution in [3.05, 3.63) is 123 Å². The molecule has 0 aromatic heterocycles. The predicted molar refractivity (Wildman–Crippen MR) is 183 cm³/mol. The summed E-state index contributed by atoms with van der Waals surface area (Å²) >= 11 is 0. The van der Waals surface area contributed by atoms with Gasteiger partial charge in [-0.2, -0.15) is 0 Å². The summed E-state index contributed by atoms with van der Waals surface area (Å²) in [5.74, 6) is 0. The Bertz CT molecular complexity index is 1770. The van der Waals surface area contributed by atoms with Crippen LogP contribution in [0.4, 0.5) is 34.1 Å². The van der Waals surface area contributed by atoms with Gasteiger partial charge in [-0.25, -0.2) is 0 Å². The number of anilines is 6. The van der Waals surface area contributed by atoms with E-state index in [-0.39, 0.29) is 6.71 Å². The molecule has 0 aliphatic carbocycles. The van der Waals surface area contributed by atoms with Crippen molar-refractivity contribution >= 4 is 57.2 Å². The Morgan fingerprint density at radius 2 is 0.786 bits per heavy atom. The minimum Gasteiger partial charge on any atom is -0.311 e. The molecule has 0 bridgehead atoms. The highest BCUT2D eigenvalue weighted by atomic mass is 15.2. The summed E-state index contributed by atoms with van der Waals surface area (Å²) in [5.41, 5.74) is 23.6. The summed E-state index contributed by atoms with van der Waals surface area (Å²) < 4.78 is 0. The van der Waals surface area contributed by atoms with Crippen LogP contribution in [-0.4, -0.2) is 6.71 Å². The minimum absolute atomic E-state index is 0.160. The standard InChI is InChI=1S/C39H39BN2/c1-22-10-12-35-33(14-22)40-34-15-23(2)11-13-36(34)42(32-20-27(6)30(9)28(7)21-32)38-17-24(3)16-37(39(38)40)41(35)31-18-25(4)29(8)26(5)19-31/h10-21H,1-9H3. The molecule has 0 saturated heterocycles. The smallest absolute Gasteiger partial charge is 0.252 e. The number of rotatable bonds is 2. The zero-order valence-electron chi connectivity index (χ0n) is 26.4. The molecule has 42 heavy (non-hydrogen) atoms.